The van der Waals surface area contributed by atoms with Gasteiger partial charge in [0.2, 0.25) is 0 Å². The Morgan fingerprint density at radius 2 is 1.78 bits per heavy atom. The van der Waals surface area contributed by atoms with Crippen LogP contribution in [0.3, 0.4) is 0 Å². The van der Waals surface area contributed by atoms with E-state index in [0.717, 1.165) is 36.7 Å². The first-order valence-electron chi connectivity index (χ1n) is 7.19. The highest BCUT2D eigenvalue weighted by Gasteiger charge is 2.20. The molecular weight excluding hydrogens is 372 g/mol. The third kappa shape index (κ3) is 2.42. The van der Waals surface area contributed by atoms with Gasteiger partial charge in [0.25, 0.3) is 0 Å². The van der Waals surface area contributed by atoms with Gasteiger partial charge in [-0.3, -0.25) is 4.21 Å². The normalized spacial score (nSPS) is 12.8. The van der Waals surface area contributed by atoms with Crippen LogP contribution in [0.5, 0.6) is 0 Å². The van der Waals surface area contributed by atoms with Crippen LogP contribution >= 0.6 is 15.9 Å². The first kappa shape index (κ1) is 14.7. The maximum absolute atomic E-state index is 12.5. The second kappa shape index (κ2) is 5.62. The molecule has 0 aliphatic carbocycles. The fraction of sp³-hybridized carbons (Fsp3) is 0.0526. The van der Waals surface area contributed by atoms with E-state index < -0.39 is 10.8 Å². The Morgan fingerprint density at radius 3 is 2.52 bits per heavy atom. The topological polar surface area (TPSA) is 30.2 Å². The highest BCUT2D eigenvalue weighted by molar-refractivity contribution is 9.10. The quantitative estimate of drug-likeness (QED) is 0.440. The smallest absolute Gasteiger partial charge is 0.151 e. The van der Waals surface area contributed by atoms with E-state index in [4.69, 9.17) is 4.42 Å². The van der Waals surface area contributed by atoms with Crippen LogP contribution in [0.2, 0.25) is 0 Å². The van der Waals surface area contributed by atoms with Gasteiger partial charge in [-0.05, 0) is 29.0 Å². The van der Waals surface area contributed by atoms with Crippen molar-refractivity contribution in [3.63, 3.8) is 0 Å². The minimum atomic E-state index is -1.15. The molecule has 0 amide bonds. The lowest BCUT2D eigenvalue weighted by atomic mass is 10.1. The van der Waals surface area contributed by atoms with Gasteiger partial charge in [0.1, 0.15) is 5.58 Å². The van der Waals surface area contributed by atoms with E-state index in [-0.39, 0.29) is 0 Å². The van der Waals surface area contributed by atoms with E-state index in [1.807, 2.05) is 54.6 Å². The van der Waals surface area contributed by atoms with Gasteiger partial charge in [0, 0.05) is 21.7 Å². The molecule has 1 heterocycles. The van der Waals surface area contributed by atoms with E-state index >= 15 is 0 Å². The monoisotopic (exact) mass is 384 g/mol. The summed E-state index contributed by atoms with van der Waals surface area (Å²) in [5.74, 6) is 0.692. The predicted octanol–water partition coefficient (Wildman–Crippen LogP) is 5.75. The maximum atomic E-state index is 12.5. The highest BCUT2D eigenvalue weighted by Crippen LogP contribution is 2.39. The Kier molecular flexibility index (Phi) is 3.58. The summed E-state index contributed by atoms with van der Waals surface area (Å²) in [6.45, 7) is 0. The van der Waals surface area contributed by atoms with Crippen molar-refractivity contribution in [1.82, 2.24) is 0 Å². The molecule has 4 aromatic rings. The first-order chi connectivity index (χ1) is 11.1. The van der Waals surface area contributed by atoms with Gasteiger partial charge >= 0.3 is 0 Å². The van der Waals surface area contributed by atoms with Crippen molar-refractivity contribution >= 4 is 48.5 Å². The number of hydrogen-bond donors (Lipinski definition) is 0. The largest absolute Gasteiger partial charge is 0.455 e. The zero-order valence-electron chi connectivity index (χ0n) is 12.4. The number of hydrogen-bond acceptors (Lipinski definition) is 2. The average Bonchev–Trinajstić information content (AvgIpc) is 2.95. The molecule has 0 saturated heterocycles. The first-order valence-corrected chi connectivity index (χ1v) is 9.54. The fourth-order valence-corrected chi connectivity index (χ4v) is 4.22. The molecule has 0 radical (unpaired) electrons. The number of rotatable bonds is 2. The molecule has 23 heavy (non-hydrogen) atoms. The molecule has 0 unspecified atom stereocenters. The van der Waals surface area contributed by atoms with Gasteiger partial charge in [-0.15, -0.1) is 0 Å². The van der Waals surface area contributed by atoms with Gasteiger partial charge in [-0.25, -0.2) is 0 Å². The number of benzene rings is 3. The lowest BCUT2D eigenvalue weighted by molar-refractivity contribution is 0.623. The Balaban J connectivity index is 2.16. The standard InChI is InChI=1S/C19H13BrO2S/c1-23(21)19-17-15-9-8-14(20)11-13(15)7-10-16(17)22-18(19)12-5-3-2-4-6-12/h2-11H,1H3/t23-/m0/s1. The predicted molar refractivity (Wildman–Crippen MR) is 99.2 cm³/mol. The van der Waals surface area contributed by atoms with Gasteiger partial charge < -0.3 is 4.42 Å². The molecule has 0 spiro atoms. The molecule has 0 saturated carbocycles. The SMILES string of the molecule is C[S@](=O)c1c(-c2ccccc2)oc2ccc3cc(Br)ccc3c12. The summed E-state index contributed by atoms with van der Waals surface area (Å²) in [7, 11) is -1.15. The van der Waals surface area contributed by atoms with E-state index in [1.54, 1.807) is 6.26 Å². The zero-order valence-corrected chi connectivity index (χ0v) is 14.8. The summed E-state index contributed by atoms with van der Waals surface area (Å²) in [5.41, 5.74) is 1.71. The molecule has 114 valence electrons. The lowest BCUT2D eigenvalue weighted by Gasteiger charge is -2.02. The fourth-order valence-electron chi connectivity index (χ4n) is 2.92. The van der Waals surface area contributed by atoms with E-state index in [0.29, 0.717) is 5.76 Å². The highest BCUT2D eigenvalue weighted by atomic mass is 79.9. The van der Waals surface area contributed by atoms with Crippen molar-refractivity contribution in [2.45, 2.75) is 4.90 Å². The number of fused-ring (bicyclic) bond motifs is 3. The summed E-state index contributed by atoms with van der Waals surface area (Å²) >= 11 is 3.50. The van der Waals surface area contributed by atoms with E-state index in [1.165, 1.54) is 0 Å². The van der Waals surface area contributed by atoms with Crippen LogP contribution in [0, 0.1) is 0 Å². The van der Waals surface area contributed by atoms with Crippen LogP contribution in [-0.4, -0.2) is 10.5 Å². The summed E-state index contributed by atoms with van der Waals surface area (Å²) in [4.78, 5) is 0.763. The molecular formula is C19H13BrO2S. The van der Waals surface area contributed by atoms with Crippen molar-refractivity contribution in [1.29, 1.82) is 0 Å². The van der Waals surface area contributed by atoms with Crippen molar-refractivity contribution < 1.29 is 8.63 Å². The zero-order chi connectivity index (χ0) is 16.0. The minimum absolute atomic E-state index is 0.692. The van der Waals surface area contributed by atoms with Crippen LogP contribution in [0.1, 0.15) is 0 Å². The number of halogens is 1. The van der Waals surface area contributed by atoms with Crippen LogP contribution in [-0.2, 0) is 10.8 Å². The Morgan fingerprint density at radius 1 is 1.00 bits per heavy atom. The van der Waals surface area contributed by atoms with Crippen LogP contribution in [0.25, 0.3) is 33.1 Å². The van der Waals surface area contributed by atoms with Crippen molar-refractivity contribution in [3.05, 3.63) is 65.1 Å². The van der Waals surface area contributed by atoms with E-state index in [9.17, 15) is 4.21 Å². The van der Waals surface area contributed by atoms with Crippen molar-refractivity contribution in [2.24, 2.45) is 0 Å². The molecule has 2 nitrogen and oxygen atoms in total. The molecule has 1 atom stereocenters. The van der Waals surface area contributed by atoms with Gasteiger partial charge in [0.05, 0.1) is 15.7 Å². The summed E-state index contributed by atoms with van der Waals surface area (Å²) < 4.78 is 19.6. The number of furan rings is 1. The second-order valence-corrected chi connectivity index (χ2v) is 7.62. The van der Waals surface area contributed by atoms with Crippen molar-refractivity contribution in [3.8, 4) is 11.3 Å². The van der Waals surface area contributed by atoms with Crippen LogP contribution in [0.15, 0.2) is 74.4 Å². The third-order valence-corrected chi connectivity index (χ3v) is 5.37. The molecule has 3 aromatic carbocycles. The second-order valence-electron chi connectivity index (χ2n) is 5.38. The molecule has 0 bridgehead atoms. The molecule has 1 aromatic heterocycles. The average molecular weight is 385 g/mol. The van der Waals surface area contributed by atoms with Crippen LogP contribution in [0.4, 0.5) is 0 Å². The van der Waals surface area contributed by atoms with Crippen LogP contribution < -0.4 is 0 Å². The summed E-state index contributed by atoms with van der Waals surface area (Å²) in [6, 6.07) is 19.9. The summed E-state index contributed by atoms with van der Waals surface area (Å²) in [6.07, 6.45) is 1.70. The summed E-state index contributed by atoms with van der Waals surface area (Å²) in [5, 5.41) is 3.09. The Hall–Kier alpha value is -1.91. The molecule has 4 rings (SSSR count). The van der Waals surface area contributed by atoms with Gasteiger partial charge in [-0.1, -0.05) is 58.4 Å². The molecule has 0 aliphatic heterocycles. The third-order valence-electron chi connectivity index (χ3n) is 3.91. The molecule has 4 heteroatoms. The Labute approximate surface area is 144 Å². The lowest BCUT2D eigenvalue weighted by Crippen LogP contribution is -1.89. The minimum Gasteiger partial charge on any atom is -0.455 e. The molecule has 0 fully saturated rings. The van der Waals surface area contributed by atoms with Gasteiger partial charge in [-0.2, -0.15) is 0 Å². The van der Waals surface area contributed by atoms with E-state index in [2.05, 4.69) is 22.0 Å². The molecule has 0 aliphatic rings. The van der Waals surface area contributed by atoms with Gasteiger partial charge in [0.15, 0.2) is 5.76 Å². The maximum Gasteiger partial charge on any atom is 0.151 e. The molecule has 0 N–H and O–H groups in total. The Bertz CT molecular complexity index is 1050. The van der Waals surface area contributed by atoms with Crippen molar-refractivity contribution in [2.75, 3.05) is 6.26 Å².